The zero-order chi connectivity index (χ0) is 8.43. The Morgan fingerprint density at radius 1 is 1.82 bits per heavy atom. The summed E-state index contributed by atoms with van der Waals surface area (Å²) in [5.41, 5.74) is 1.10. The van der Waals surface area contributed by atoms with Crippen LogP contribution < -0.4 is 0 Å². The Morgan fingerprint density at radius 2 is 2.45 bits per heavy atom. The minimum Gasteiger partial charge on any atom is -0.481 e. The lowest BCUT2D eigenvalue weighted by atomic mass is 9.98. The predicted molar refractivity (Wildman–Crippen MR) is 43.3 cm³/mol. The Labute approximate surface area is 66.9 Å². The maximum atomic E-state index is 10.6. The van der Waals surface area contributed by atoms with Crippen LogP contribution in [0.1, 0.15) is 26.7 Å². The van der Waals surface area contributed by atoms with Gasteiger partial charge in [0, 0.05) is 0 Å². The largest absolute Gasteiger partial charge is 0.481 e. The Morgan fingerprint density at radius 3 is 2.82 bits per heavy atom. The average Bonchev–Trinajstić information content (AvgIpc) is 2.34. The Hall–Kier alpha value is -0.790. The van der Waals surface area contributed by atoms with Crippen LogP contribution in [0.5, 0.6) is 0 Å². The maximum absolute atomic E-state index is 10.6. The van der Waals surface area contributed by atoms with Crippen LogP contribution in [-0.2, 0) is 4.79 Å². The van der Waals surface area contributed by atoms with Gasteiger partial charge in [-0.05, 0) is 25.7 Å². The van der Waals surface area contributed by atoms with Gasteiger partial charge in [0.25, 0.3) is 0 Å². The minimum atomic E-state index is -0.703. The summed E-state index contributed by atoms with van der Waals surface area (Å²) >= 11 is 0. The molecular weight excluding hydrogens is 140 g/mol. The fraction of sp³-hybridized carbons (Fsp3) is 0.667. The van der Waals surface area contributed by atoms with E-state index in [0.29, 0.717) is 5.92 Å². The van der Waals surface area contributed by atoms with E-state index in [1.54, 1.807) is 6.92 Å². The molecule has 0 aromatic rings. The van der Waals surface area contributed by atoms with E-state index in [2.05, 4.69) is 13.0 Å². The van der Waals surface area contributed by atoms with Gasteiger partial charge < -0.3 is 5.11 Å². The van der Waals surface area contributed by atoms with Crippen LogP contribution >= 0.6 is 0 Å². The second kappa shape index (κ2) is 3.07. The van der Waals surface area contributed by atoms with Crippen LogP contribution in [0.4, 0.5) is 0 Å². The molecule has 62 valence electrons. The summed E-state index contributed by atoms with van der Waals surface area (Å²) in [5.74, 6) is -0.336. The van der Waals surface area contributed by atoms with Crippen molar-refractivity contribution in [2.75, 3.05) is 0 Å². The van der Waals surface area contributed by atoms with Gasteiger partial charge in [0.1, 0.15) is 0 Å². The van der Waals surface area contributed by atoms with E-state index in [0.717, 1.165) is 18.4 Å². The van der Waals surface area contributed by atoms with Gasteiger partial charge in [-0.15, -0.1) is 0 Å². The Kier molecular flexibility index (Phi) is 2.32. The molecule has 2 unspecified atom stereocenters. The highest BCUT2D eigenvalue weighted by Crippen LogP contribution is 2.29. The fourth-order valence-electron chi connectivity index (χ4n) is 1.43. The van der Waals surface area contributed by atoms with Crippen molar-refractivity contribution in [3.8, 4) is 0 Å². The molecular formula is C9H14O2. The molecule has 11 heavy (non-hydrogen) atoms. The second-order valence-electron chi connectivity index (χ2n) is 3.38. The molecule has 0 fully saturated rings. The highest BCUT2D eigenvalue weighted by molar-refractivity contribution is 5.73. The lowest BCUT2D eigenvalue weighted by Gasteiger charge is -2.07. The number of carboxylic acid groups (broad SMARTS) is 1. The number of rotatable bonds is 2. The van der Waals surface area contributed by atoms with E-state index in [9.17, 15) is 4.79 Å². The van der Waals surface area contributed by atoms with Crippen LogP contribution in [0.25, 0.3) is 0 Å². The SMILES string of the molecule is CC1CC=C(C(C)C(=O)O)C1. The topological polar surface area (TPSA) is 37.3 Å². The third-order valence-corrected chi connectivity index (χ3v) is 2.29. The van der Waals surface area contributed by atoms with Crippen LogP contribution in [0, 0.1) is 11.8 Å². The Bertz CT molecular complexity index is 194. The van der Waals surface area contributed by atoms with Crippen molar-refractivity contribution >= 4 is 5.97 Å². The highest BCUT2D eigenvalue weighted by atomic mass is 16.4. The summed E-state index contributed by atoms with van der Waals surface area (Å²) in [5, 5.41) is 8.69. The van der Waals surface area contributed by atoms with Crippen molar-refractivity contribution in [3.63, 3.8) is 0 Å². The summed E-state index contributed by atoms with van der Waals surface area (Å²) < 4.78 is 0. The first-order valence-electron chi connectivity index (χ1n) is 4.03. The number of hydrogen-bond acceptors (Lipinski definition) is 1. The smallest absolute Gasteiger partial charge is 0.310 e. The first-order chi connectivity index (χ1) is 5.11. The first kappa shape index (κ1) is 8.31. The molecule has 1 aliphatic carbocycles. The Balaban J connectivity index is 2.56. The average molecular weight is 154 g/mol. The summed E-state index contributed by atoms with van der Waals surface area (Å²) in [7, 11) is 0. The van der Waals surface area contributed by atoms with E-state index in [1.165, 1.54) is 0 Å². The van der Waals surface area contributed by atoms with Crippen molar-refractivity contribution in [2.45, 2.75) is 26.7 Å². The zero-order valence-electron chi connectivity index (χ0n) is 7.00. The molecule has 0 aromatic heterocycles. The minimum absolute atomic E-state index is 0.278. The maximum Gasteiger partial charge on any atom is 0.310 e. The van der Waals surface area contributed by atoms with E-state index in [-0.39, 0.29) is 5.92 Å². The van der Waals surface area contributed by atoms with Crippen molar-refractivity contribution in [3.05, 3.63) is 11.6 Å². The van der Waals surface area contributed by atoms with Gasteiger partial charge in [0.15, 0.2) is 0 Å². The number of aliphatic carboxylic acids is 1. The van der Waals surface area contributed by atoms with Gasteiger partial charge >= 0.3 is 5.97 Å². The summed E-state index contributed by atoms with van der Waals surface area (Å²) in [6, 6.07) is 0. The van der Waals surface area contributed by atoms with E-state index in [1.807, 2.05) is 0 Å². The molecule has 1 rings (SSSR count). The van der Waals surface area contributed by atoms with E-state index in [4.69, 9.17) is 5.11 Å². The molecule has 2 nitrogen and oxygen atoms in total. The molecule has 1 N–H and O–H groups in total. The molecule has 0 saturated carbocycles. The van der Waals surface area contributed by atoms with Crippen LogP contribution in [0.15, 0.2) is 11.6 Å². The van der Waals surface area contributed by atoms with Crippen molar-refractivity contribution in [1.82, 2.24) is 0 Å². The summed E-state index contributed by atoms with van der Waals surface area (Å²) in [6.07, 6.45) is 4.09. The molecule has 2 heteroatoms. The molecule has 0 radical (unpaired) electrons. The predicted octanol–water partition coefficient (Wildman–Crippen LogP) is 2.06. The monoisotopic (exact) mass is 154 g/mol. The third kappa shape index (κ3) is 1.82. The van der Waals surface area contributed by atoms with Crippen LogP contribution in [0.3, 0.4) is 0 Å². The molecule has 0 saturated heterocycles. The van der Waals surface area contributed by atoms with Gasteiger partial charge in [0.05, 0.1) is 5.92 Å². The number of carbonyl (C=O) groups is 1. The van der Waals surface area contributed by atoms with Crippen molar-refractivity contribution in [2.24, 2.45) is 11.8 Å². The third-order valence-electron chi connectivity index (χ3n) is 2.29. The molecule has 1 aliphatic rings. The molecule has 0 heterocycles. The lowest BCUT2D eigenvalue weighted by molar-refractivity contribution is -0.139. The van der Waals surface area contributed by atoms with Gasteiger partial charge in [-0.25, -0.2) is 0 Å². The number of hydrogen-bond donors (Lipinski definition) is 1. The molecule has 2 atom stereocenters. The molecule has 0 spiro atoms. The first-order valence-corrected chi connectivity index (χ1v) is 4.03. The highest BCUT2D eigenvalue weighted by Gasteiger charge is 2.21. The number of allylic oxidation sites excluding steroid dienone is 1. The lowest BCUT2D eigenvalue weighted by Crippen LogP contribution is -2.11. The summed E-state index contributed by atoms with van der Waals surface area (Å²) in [4.78, 5) is 10.6. The second-order valence-corrected chi connectivity index (χ2v) is 3.38. The van der Waals surface area contributed by atoms with Gasteiger partial charge in [-0.2, -0.15) is 0 Å². The van der Waals surface area contributed by atoms with Crippen LogP contribution in [0.2, 0.25) is 0 Å². The van der Waals surface area contributed by atoms with Crippen LogP contribution in [-0.4, -0.2) is 11.1 Å². The van der Waals surface area contributed by atoms with Gasteiger partial charge in [-0.3, -0.25) is 4.79 Å². The molecule has 0 aliphatic heterocycles. The van der Waals surface area contributed by atoms with Crippen molar-refractivity contribution < 1.29 is 9.90 Å². The molecule has 0 amide bonds. The molecule has 0 aromatic carbocycles. The van der Waals surface area contributed by atoms with E-state index >= 15 is 0 Å². The summed E-state index contributed by atoms with van der Waals surface area (Å²) in [6.45, 7) is 3.91. The fourth-order valence-corrected chi connectivity index (χ4v) is 1.43. The quantitative estimate of drug-likeness (QED) is 0.618. The van der Waals surface area contributed by atoms with Gasteiger partial charge in [0.2, 0.25) is 0 Å². The molecule has 0 bridgehead atoms. The standard InChI is InChI=1S/C9H14O2/c1-6-3-4-8(5-6)7(2)9(10)11/h4,6-7H,3,5H2,1-2H3,(H,10,11). The zero-order valence-corrected chi connectivity index (χ0v) is 7.00. The van der Waals surface area contributed by atoms with E-state index < -0.39 is 5.97 Å². The normalized spacial score (nSPS) is 26.4. The van der Waals surface area contributed by atoms with Gasteiger partial charge in [-0.1, -0.05) is 18.6 Å². The number of carboxylic acids is 1. The van der Waals surface area contributed by atoms with Crippen molar-refractivity contribution in [1.29, 1.82) is 0 Å².